The van der Waals surface area contributed by atoms with Gasteiger partial charge in [0.15, 0.2) is 11.9 Å². The molecule has 10 nitrogen and oxygen atoms in total. The summed E-state index contributed by atoms with van der Waals surface area (Å²) in [5, 5.41) is 20.0. The number of carbonyl (C=O) groups excluding carboxylic acids is 1. The number of nitrogens with zero attached hydrogens (tertiary/aromatic N) is 6. The molecule has 13 heteroatoms. The Morgan fingerprint density at radius 2 is 2.21 bits per heavy atom. The highest BCUT2D eigenvalue weighted by atomic mass is 32.1. The van der Waals surface area contributed by atoms with Crippen LogP contribution in [-0.4, -0.2) is 58.1 Å². The fraction of sp³-hybridized carbons (Fsp3) is 0.400. The van der Waals surface area contributed by atoms with E-state index in [2.05, 4.69) is 40.3 Å². The lowest BCUT2D eigenvalue weighted by atomic mass is 10.1. The molecule has 0 saturated carbocycles. The number of rotatable bonds is 9. The van der Waals surface area contributed by atoms with Crippen molar-refractivity contribution in [3.05, 3.63) is 47.4 Å². The molecule has 1 fully saturated rings. The summed E-state index contributed by atoms with van der Waals surface area (Å²) in [5.74, 6) is 0.571. The van der Waals surface area contributed by atoms with Crippen molar-refractivity contribution in [1.82, 2.24) is 25.4 Å². The average molecular weight is 477 g/mol. The van der Waals surface area contributed by atoms with Gasteiger partial charge in [-0.1, -0.05) is 23.5 Å². The maximum atomic E-state index is 12.7. The van der Waals surface area contributed by atoms with Crippen molar-refractivity contribution in [2.45, 2.75) is 25.6 Å². The number of hydrogen-bond acceptors (Lipinski definition) is 10. The quantitative estimate of drug-likeness (QED) is 0.497. The minimum Gasteiger partial charge on any atom is -0.435 e. The smallest absolute Gasteiger partial charge is 0.387 e. The summed E-state index contributed by atoms with van der Waals surface area (Å²) in [4.78, 5) is 18.9. The molecule has 0 radical (unpaired) electrons. The van der Waals surface area contributed by atoms with Crippen LogP contribution in [0.5, 0.6) is 5.75 Å². The predicted molar refractivity (Wildman–Crippen MR) is 115 cm³/mol. The monoisotopic (exact) mass is 477 g/mol. The zero-order chi connectivity index (χ0) is 23.2. The van der Waals surface area contributed by atoms with Gasteiger partial charge in [0, 0.05) is 26.6 Å². The van der Waals surface area contributed by atoms with E-state index in [9.17, 15) is 13.6 Å². The Kier molecular flexibility index (Phi) is 7.29. The van der Waals surface area contributed by atoms with Gasteiger partial charge in [-0.25, -0.2) is 4.98 Å². The van der Waals surface area contributed by atoms with Gasteiger partial charge >= 0.3 is 6.61 Å². The first-order valence-electron chi connectivity index (χ1n) is 10.1. The molecule has 1 aliphatic rings. The van der Waals surface area contributed by atoms with Gasteiger partial charge in [0.25, 0.3) is 5.91 Å². The zero-order valence-corrected chi connectivity index (χ0v) is 18.4. The van der Waals surface area contributed by atoms with Gasteiger partial charge in [-0.05, 0) is 30.0 Å². The Bertz CT molecular complexity index is 1070. The van der Waals surface area contributed by atoms with Crippen LogP contribution in [0.25, 0.3) is 0 Å². The molecule has 2 aromatic heterocycles. The molecule has 174 valence electrons. The third-order valence-corrected chi connectivity index (χ3v) is 5.96. The Morgan fingerprint density at radius 1 is 1.33 bits per heavy atom. The number of ether oxygens (including phenoxy) is 2. The van der Waals surface area contributed by atoms with Crippen molar-refractivity contribution in [1.29, 1.82) is 0 Å². The van der Waals surface area contributed by atoms with Crippen molar-refractivity contribution < 1.29 is 23.0 Å². The molecule has 0 unspecified atom stereocenters. The van der Waals surface area contributed by atoms with E-state index < -0.39 is 18.6 Å². The van der Waals surface area contributed by atoms with Gasteiger partial charge < -0.3 is 14.4 Å². The van der Waals surface area contributed by atoms with E-state index in [0.717, 1.165) is 36.8 Å². The molecule has 4 rings (SSSR count). The summed E-state index contributed by atoms with van der Waals surface area (Å²) in [6.45, 7) is -1.29. The lowest BCUT2D eigenvalue weighted by molar-refractivity contribution is -0.126. The number of nitrogens with one attached hydrogen (secondary N) is 1. The predicted octanol–water partition coefficient (Wildman–Crippen LogP) is 2.72. The largest absolute Gasteiger partial charge is 0.435 e. The zero-order valence-electron chi connectivity index (χ0n) is 17.6. The van der Waals surface area contributed by atoms with Crippen molar-refractivity contribution in [3.63, 3.8) is 0 Å². The van der Waals surface area contributed by atoms with Gasteiger partial charge in [0.2, 0.25) is 5.13 Å². The number of aromatic nitrogens is 5. The van der Waals surface area contributed by atoms with E-state index in [0.29, 0.717) is 16.6 Å². The molecule has 1 saturated heterocycles. The van der Waals surface area contributed by atoms with Gasteiger partial charge in [-0.15, -0.1) is 20.4 Å². The van der Waals surface area contributed by atoms with Crippen LogP contribution in [0.3, 0.4) is 0 Å². The molecule has 0 aliphatic carbocycles. The SMILES string of the molecule is CO[C@@H](C(=O)Nc1nnc(C[C@@H]2CCN(c3cncnn3)C2)s1)c1cccc(OC(F)F)c1. The number of alkyl halides is 2. The van der Waals surface area contributed by atoms with E-state index in [1.165, 1.54) is 43.0 Å². The highest BCUT2D eigenvalue weighted by molar-refractivity contribution is 7.15. The summed E-state index contributed by atoms with van der Waals surface area (Å²) in [6.07, 6.45) is 3.76. The van der Waals surface area contributed by atoms with Crippen LogP contribution in [0.2, 0.25) is 0 Å². The summed E-state index contributed by atoms with van der Waals surface area (Å²) >= 11 is 1.29. The molecule has 1 aromatic carbocycles. The highest BCUT2D eigenvalue weighted by Crippen LogP contribution is 2.28. The standard InChI is InChI=1S/C20H21F2N7O3S/c1-31-17(13-3-2-4-14(8-13)32-19(21)22)18(30)25-20-28-27-16(33-20)7-12-5-6-29(10-12)15-9-23-11-24-26-15/h2-4,8-9,11-12,17,19H,5-7,10H2,1H3,(H,25,28,30)/t12-,17+/m0/s1. The molecule has 1 amide bonds. The van der Waals surface area contributed by atoms with Crippen molar-refractivity contribution in [3.8, 4) is 5.75 Å². The van der Waals surface area contributed by atoms with Crippen LogP contribution in [0.1, 0.15) is 23.1 Å². The highest BCUT2D eigenvalue weighted by Gasteiger charge is 2.26. The van der Waals surface area contributed by atoms with Gasteiger partial charge in [0.1, 0.15) is 17.1 Å². The minimum atomic E-state index is -2.96. The molecule has 3 aromatic rings. The van der Waals surface area contributed by atoms with Crippen LogP contribution in [0, 0.1) is 5.92 Å². The maximum Gasteiger partial charge on any atom is 0.387 e. The molecule has 33 heavy (non-hydrogen) atoms. The van der Waals surface area contributed by atoms with E-state index >= 15 is 0 Å². The Balaban J connectivity index is 1.34. The minimum absolute atomic E-state index is 0.0570. The molecular weight excluding hydrogens is 456 g/mol. The summed E-state index contributed by atoms with van der Waals surface area (Å²) in [5.41, 5.74) is 0.377. The molecule has 0 bridgehead atoms. The first kappa shape index (κ1) is 22.9. The van der Waals surface area contributed by atoms with E-state index in [4.69, 9.17) is 4.74 Å². The summed E-state index contributed by atoms with van der Waals surface area (Å²) in [6, 6.07) is 5.82. The fourth-order valence-electron chi connectivity index (χ4n) is 3.65. The van der Waals surface area contributed by atoms with Gasteiger partial charge in [0.05, 0.1) is 6.20 Å². The molecule has 1 N–H and O–H groups in total. The topological polar surface area (TPSA) is 115 Å². The summed E-state index contributed by atoms with van der Waals surface area (Å²) in [7, 11) is 1.36. The Labute approximate surface area is 192 Å². The number of hydrogen-bond donors (Lipinski definition) is 1. The Hall–Kier alpha value is -3.32. The Morgan fingerprint density at radius 3 is 2.97 bits per heavy atom. The van der Waals surface area contributed by atoms with Gasteiger partial charge in [-0.2, -0.15) is 8.78 Å². The van der Waals surface area contributed by atoms with E-state index in [1.54, 1.807) is 12.3 Å². The van der Waals surface area contributed by atoms with E-state index in [1.807, 2.05) is 0 Å². The lowest BCUT2D eigenvalue weighted by Gasteiger charge is -2.15. The van der Waals surface area contributed by atoms with Crippen molar-refractivity contribution in [2.24, 2.45) is 5.92 Å². The lowest BCUT2D eigenvalue weighted by Crippen LogP contribution is -2.22. The number of methoxy groups -OCH3 is 1. The van der Waals surface area contributed by atoms with Crippen LogP contribution < -0.4 is 15.0 Å². The second-order valence-electron chi connectivity index (χ2n) is 7.33. The fourth-order valence-corrected chi connectivity index (χ4v) is 4.50. The molecule has 1 aliphatic heterocycles. The summed E-state index contributed by atoms with van der Waals surface area (Å²) < 4.78 is 34.6. The third kappa shape index (κ3) is 5.93. The number of benzene rings is 1. The molecular formula is C20H21F2N7O3S. The number of amides is 1. The second kappa shape index (κ2) is 10.5. The van der Waals surface area contributed by atoms with Crippen molar-refractivity contribution in [2.75, 3.05) is 30.4 Å². The third-order valence-electron chi connectivity index (χ3n) is 5.10. The average Bonchev–Trinajstić information content (AvgIpc) is 3.44. The first-order valence-corrected chi connectivity index (χ1v) is 10.9. The molecule has 0 spiro atoms. The van der Waals surface area contributed by atoms with Crippen LogP contribution in [0.15, 0.2) is 36.8 Å². The molecule has 3 heterocycles. The first-order chi connectivity index (χ1) is 16.0. The normalized spacial score (nSPS) is 16.7. The maximum absolute atomic E-state index is 12.7. The van der Waals surface area contributed by atoms with Crippen LogP contribution in [0.4, 0.5) is 19.7 Å². The van der Waals surface area contributed by atoms with E-state index in [-0.39, 0.29) is 5.75 Å². The second-order valence-corrected chi connectivity index (χ2v) is 8.39. The van der Waals surface area contributed by atoms with Crippen LogP contribution in [-0.2, 0) is 16.0 Å². The molecule has 2 atom stereocenters. The van der Waals surface area contributed by atoms with Crippen LogP contribution >= 0.6 is 11.3 Å². The van der Waals surface area contributed by atoms with Gasteiger partial charge in [-0.3, -0.25) is 10.1 Å². The van der Waals surface area contributed by atoms with Crippen molar-refractivity contribution >= 4 is 28.2 Å². The number of anilines is 2. The number of carbonyl (C=O) groups is 1. The number of halogens is 2.